The van der Waals surface area contributed by atoms with E-state index < -0.39 is 10.8 Å². The van der Waals surface area contributed by atoms with Crippen LogP contribution in [0.4, 0.5) is 17.1 Å². The second kappa shape index (κ2) is 13.6. The second-order valence-corrected chi connectivity index (χ2v) is 17.5. The molecule has 2 aliphatic heterocycles. The van der Waals surface area contributed by atoms with Crippen molar-refractivity contribution in [1.29, 1.82) is 0 Å². The summed E-state index contributed by atoms with van der Waals surface area (Å²) in [7, 11) is 0. The number of anilines is 3. The third-order valence-corrected chi connectivity index (χ3v) is 14.4. The van der Waals surface area contributed by atoms with Gasteiger partial charge in [-0.1, -0.05) is 170 Å². The Balaban J connectivity index is 0.925. The van der Waals surface area contributed by atoms with Gasteiger partial charge in [-0.05, 0) is 122 Å². The average Bonchev–Trinajstić information content (AvgIpc) is 3.82. The van der Waals surface area contributed by atoms with Gasteiger partial charge in [-0.2, -0.15) is 0 Å². The quantitative estimate of drug-likeness (QED) is 0.176. The molecule has 0 amide bonds. The average molecular weight is 830 g/mol. The number of hydrogen-bond acceptors (Lipinski definition) is 3. The summed E-state index contributed by atoms with van der Waals surface area (Å²) in [6.07, 6.45) is 0. The standard InChI is InChI=1S/C62H39NO2/c1-2-16-42(17-3-1)63(44-35-37-48-46-19-5-7-21-50(46)62(56(48)39-44)53-24-10-14-28-59(53)65-60-29-15-11-25-54(60)62)43-33-30-40(31-34-43)41-32-36-47-45-18-4-6-20-49(45)61(55(47)38-41)51-22-8-12-26-57(51)64-58-27-13-9-23-52(58)61/h1-39H. The maximum Gasteiger partial charge on any atom is 0.132 e. The normalized spacial score (nSPS) is 14.3. The van der Waals surface area contributed by atoms with Gasteiger partial charge >= 0.3 is 0 Å². The Morgan fingerprint density at radius 1 is 0.246 bits per heavy atom. The number of para-hydroxylation sites is 5. The SMILES string of the molecule is c1ccc(N(c2ccc(-c3ccc4c(c3)C3(c5ccccc5Oc5ccccc53)c3ccccc3-4)cc2)c2ccc3c(c2)C2(c4ccccc4Oc4ccccc42)c2ccccc2-3)cc1. The second-order valence-electron chi connectivity index (χ2n) is 17.5. The van der Waals surface area contributed by atoms with Gasteiger partial charge in [0, 0.05) is 39.3 Å². The molecule has 0 atom stereocenters. The molecule has 2 aliphatic carbocycles. The van der Waals surface area contributed by atoms with Crippen LogP contribution in [-0.2, 0) is 10.8 Å². The van der Waals surface area contributed by atoms with E-state index in [1.54, 1.807) is 0 Å². The minimum absolute atomic E-state index is 0.520. The van der Waals surface area contributed by atoms with E-state index >= 15 is 0 Å². The molecule has 3 nitrogen and oxygen atoms in total. The molecule has 0 radical (unpaired) electrons. The fourth-order valence-corrected chi connectivity index (χ4v) is 11.8. The van der Waals surface area contributed by atoms with Gasteiger partial charge in [0.2, 0.25) is 0 Å². The number of fused-ring (bicyclic) bond motifs is 18. The summed E-state index contributed by atoms with van der Waals surface area (Å²) in [6, 6.07) is 86.0. The van der Waals surface area contributed by atoms with Crippen molar-refractivity contribution < 1.29 is 9.47 Å². The van der Waals surface area contributed by atoms with Crippen LogP contribution in [0.1, 0.15) is 44.5 Å². The number of rotatable bonds is 4. The van der Waals surface area contributed by atoms with E-state index in [9.17, 15) is 0 Å². The van der Waals surface area contributed by atoms with Crippen molar-refractivity contribution >= 4 is 17.1 Å². The molecule has 10 aromatic rings. The van der Waals surface area contributed by atoms with Crippen molar-refractivity contribution in [2.45, 2.75) is 10.8 Å². The Kier molecular flexibility index (Phi) is 7.53. The molecule has 0 aromatic heterocycles. The molecule has 14 rings (SSSR count). The number of hydrogen-bond donors (Lipinski definition) is 0. The Hall–Kier alpha value is -8.40. The summed E-state index contributed by atoms with van der Waals surface area (Å²) in [4.78, 5) is 2.39. The molecule has 0 saturated carbocycles. The van der Waals surface area contributed by atoms with Gasteiger partial charge in [0.1, 0.15) is 23.0 Å². The highest BCUT2D eigenvalue weighted by molar-refractivity contribution is 5.93. The van der Waals surface area contributed by atoms with Crippen LogP contribution < -0.4 is 14.4 Å². The zero-order valence-corrected chi connectivity index (χ0v) is 35.3. The van der Waals surface area contributed by atoms with Crippen LogP contribution in [0.5, 0.6) is 23.0 Å². The Bertz CT molecular complexity index is 3480. The number of nitrogens with zero attached hydrogens (tertiary/aromatic N) is 1. The molecular weight excluding hydrogens is 791 g/mol. The van der Waals surface area contributed by atoms with Crippen molar-refractivity contribution in [2.75, 3.05) is 4.90 Å². The van der Waals surface area contributed by atoms with Crippen LogP contribution in [0.15, 0.2) is 237 Å². The van der Waals surface area contributed by atoms with E-state index in [4.69, 9.17) is 9.47 Å². The lowest BCUT2D eigenvalue weighted by molar-refractivity contribution is 0.436. The molecule has 0 N–H and O–H groups in total. The van der Waals surface area contributed by atoms with Gasteiger partial charge in [-0.15, -0.1) is 0 Å². The van der Waals surface area contributed by atoms with Crippen LogP contribution >= 0.6 is 0 Å². The monoisotopic (exact) mass is 829 g/mol. The smallest absolute Gasteiger partial charge is 0.132 e. The first-order chi connectivity index (χ1) is 32.2. The zero-order chi connectivity index (χ0) is 42.7. The Labute approximate surface area is 378 Å². The fourth-order valence-electron chi connectivity index (χ4n) is 11.8. The predicted octanol–water partition coefficient (Wildman–Crippen LogP) is 15.8. The van der Waals surface area contributed by atoms with Crippen molar-refractivity contribution in [3.05, 3.63) is 281 Å². The molecule has 65 heavy (non-hydrogen) atoms. The Morgan fingerprint density at radius 2 is 0.600 bits per heavy atom. The molecule has 0 unspecified atom stereocenters. The molecule has 0 saturated heterocycles. The third-order valence-electron chi connectivity index (χ3n) is 14.4. The highest BCUT2D eigenvalue weighted by Crippen LogP contribution is 2.64. The molecule has 4 aliphatic rings. The minimum Gasteiger partial charge on any atom is -0.457 e. The topological polar surface area (TPSA) is 21.7 Å². The number of ether oxygens (including phenoxy) is 2. The number of benzene rings is 10. The van der Waals surface area contributed by atoms with E-state index in [0.29, 0.717) is 0 Å². The van der Waals surface area contributed by atoms with Crippen LogP contribution in [0.3, 0.4) is 0 Å². The summed E-state index contributed by atoms with van der Waals surface area (Å²) in [5.41, 5.74) is 19.3. The predicted molar refractivity (Wildman–Crippen MR) is 261 cm³/mol. The Morgan fingerprint density at radius 3 is 1.11 bits per heavy atom. The van der Waals surface area contributed by atoms with Crippen LogP contribution in [0.2, 0.25) is 0 Å². The third kappa shape index (κ3) is 4.84. The van der Waals surface area contributed by atoms with Crippen LogP contribution in [-0.4, -0.2) is 0 Å². The van der Waals surface area contributed by atoms with Crippen LogP contribution in [0, 0.1) is 0 Å². The van der Waals surface area contributed by atoms with Gasteiger partial charge < -0.3 is 14.4 Å². The molecular formula is C62H39NO2. The first-order valence-corrected chi connectivity index (χ1v) is 22.4. The summed E-state index contributed by atoms with van der Waals surface area (Å²) < 4.78 is 13.3. The summed E-state index contributed by atoms with van der Waals surface area (Å²) in [5.74, 6) is 3.58. The van der Waals surface area contributed by atoms with Gasteiger partial charge in [0.05, 0.1) is 10.8 Å². The molecule has 2 spiro atoms. The van der Waals surface area contributed by atoms with E-state index in [1.807, 2.05) is 0 Å². The van der Waals surface area contributed by atoms with E-state index in [1.165, 1.54) is 61.2 Å². The fraction of sp³-hybridized carbons (Fsp3) is 0.0323. The largest absolute Gasteiger partial charge is 0.457 e. The summed E-state index contributed by atoms with van der Waals surface area (Å²) in [6.45, 7) is 0. The maximum absolute atomic E-state index is 6.65. The summed E-state index contributed by atoms with van der Waals surface area (Å²) in [5, 5.41) is 0. The molecule has 0 bridgehead atoms. The van der Waals surface area contributed by atoms with E-state index in [0.717, 1.165) is 56.8 Å². The first kappa shape index (κ1) is 36.1. The molecule has 0 fully saturated rings. The van der Waals surface area contributed by atoms with Crippen molar-refractivity contribution in [2.24, 2.45) is 0 Å². The van der Waals surface area contributed by atoms with Crippen molar-refractivity contribution in [1.82, 2.24) is 0 Å². The lowest BCUT2D eigenvalue weighted by atomic mass is 9.66. The van der Waals surface area contributed by atoms with E-state index in [2.05, 4.69) is 241 Å². The lowest BCUT2D eigenvalue weighted by Crippen LogP contribution is -2.32. The highest BCUT2D eigenvalue weighted by atomic mass is 16.5. The van der Waals surface area contributed by atoms with Gasteiger partial charge in [-0.3, -0.25) is 0 Å². The van der Waals surface area contributed by atoms with Gasteiger partial charge in [0.15, 0.2) is 0 Å². The van der Waals surface area contributed by atoms with Gasteiger partial charge in [-0.25, -0.2) is 0 Å². The van der Waals surface area contributed by atoms with Crippen molar-refractivity contribution in [3.63, 3.8) is 0 Å². The summed E-state index contributed by atoms with van der Waals surface area (Å²) >= 11 is 0. The van der Waals surface area contributed by atoms with E-state index in [-0.39, 0.29) is 0 Å². The lowest BCUT2D eigenvalue weighted by Gasteiger charge is -2.39. The van der Waals surface area contributed by atoms with Crippen LogP contribution in [0.25, 0.3) is 33.4 Å². The minimum atomic E-state index is -0.560. The van der Waals surface area contributed by atoms with Crippen molar-refractivity contribution in [3.8, 4) is 56.4 Å². The molecule has 2 heterocycles. The molecule has 304 valence electrons. The van der Waals surface area contributed by atoms with Gasteiger partial charge in [0.25, 0.3) is 0 Å². The first-order valence-electron chi connectivity index (χ1n) is 22.4. The molecule has 3 heteroatoms. The zero-order valence-electron chi connectivity index (χ0n) is 35.3. The highest BCUT2D eigenvalue weighted by Gasteiger charge is 2.52. The molecule has 10 aromatic carbocycles. The maximum atomic E-state index is 6.65.